The van der Waals surface area contributed by atoms with Crippen molar-refractivity contribution in [1.29, 1.82) is 0 Å². The number of ether oxygens (including phenoxy) is 2. The Labute approximate surface area is 111 Å². The van der Waals surface area contributed by atoms with Gasteiger partial charge in [0.15, 0.2) is 0 Å². The van der Waals surface area contributed by atoms with Crippen LogP contribution in [0.2, 0.25) is 0 Å². The maximum absolute atomic E-state index is 5.77. The smallest absolute Gasteiger partial charge is 0.126 e. The standard InChI is InChI=1S/C14H17BrO2/c1-9(8-15)4-11-7-14-12(5-10(2)17-14)6-13(11)16-3/h4,6-7,10H,5,8H2,1-3H3/b9-4-. The lowest BCUT2D eigenvalue weighted by Crippen LogP contribution is -2.05. The second-order valence-corrected chi connectivity index (χ2v) is 5.02. The van der Waals surface area contributed by atoms with Crippen LogP contribution in [-0.2, 0) is 6.42 Å². The molecule has 0 saturated heterocycles. The van der Waals surface area contributed by atoms with Crippen molar-refractivity contribution in [1.82, 2.24) is 0 Å². The molecule has 1 atom stereocenters. The number of alkyl halides is 1. The van der Waals surface area contributed by atoms with E-state index in [2.05, 4.69) is 48.0 Å². The molecule has 0 bridgehead atoms. The lowest BCUT2D eigenvalue weighted by Gasteiger charge is -2.09. The van der Waals surface area contributed by atoms with Crippen LogP contribution in [0.25, 0.3) is 6.08 Å². The molecule has 2 rings (SSSR count). The predicted octanol–water partition coefficient (Wildman–Crippen LogP) is 3.82. The van der Waals surface area contributed by atoms with Crippen LogP contribution in [0.1, 0.15) is 25.0 Å². The fourth-order valence-electron chi connectivity index (χ4n) is 2.05. The van der Waals surface area contributed by atoms with Gasteiger partial charge in [-0.3, -0.25) is 0 Å². The lowest BCUT2D eigenvalue weighted by atomic mass is 10.0. The number of methoxy groups -OCH3 is 1. The van der Waals surface area contributed by atoms with E-state index in [0.717, 1.165) is 28.8 Å². The topological polar surface area (TPSA) is 18.5 Å². The highest BCUT2D eigenvalue weighted by Gasteiger charge is 2.21. The quantitative estimate of drug-likeness (QED) is 0.790. The van der Waals surface area contributed by atoms with Crippen LogP contribution < -0.4 is 9.47 Å². The number of hydrogen-bond donors (Lipinski definition) is 0. The average molecular weight is 297 g/mol. The van der Waals surface area contributed by atoms with Crippen molar-refractivity contribution in [2.24, 2.45) is 0 Å². The molecule has 1 unspecified atom stereocenters. The van der Waals surface area contributed by atoms with Gasteiger partial charge in [0.25, 0.3) is 0 Å². The summed E-state index contributed by atoms with van der Waals surface area (Å²) in [6, 6.07) is 4.16. The highest BCUT2D eigenvalue weighted by molar-refractivity contribution is 9.09. The Bertz CT molecular complexity index is 452. The Hall–Kier alpha value is -0.960. The minimum Gasteiger partial charge on any atom is -0.496 e. The van der Waals surface area contributed by atoms with E-state index in [4.69, 9.17) is 9.47 Å². The summed E-state index contributed by atoms with van der Waals surface area (Å²) in [4.78, 5) is 0. The van der Waals surface area contributed by atoms with Crippen LogP contribution in [0.15, 0.2) is 17.7 Å². The molecule has 0 aliphatic carbocycles. The normalized spacial score (nSPS) is 18.8. The van der Waals surface area contributed by atoms with E-state index in [0.29, 0.717) is 0 Å². The van der Waals surface area contributed by atoms with Gasteiger partial charge in [-0.15, -0.1) is 0 Å². The number of benzene rings is 1. The molecule has 2 nitrogen and oxygen atoms in total. The van der Waals surface area contributed by atoms with E-state index in [1.54, 1.807) is 7.11 Å². The highest BCUT2D eigenvalue weighted by Crippen LogP contribution is 2.35. The summed E-state index contributed by atoms with van der Waals surface area (Å²) in [6.45, 7) is 4.18. The molecule has 0 amide bonds. The van der Waals surface area contributed by atoms with Gasteiger partial charge in [0.1, 0.15) is 17.6 Å². The third kappa shape index (κ3) is 2.65. The average Bonchev–Trinajstić information content (AvgIpc) is 2.67. The number of rotatable bonds is 3. The van der Waals surface area contributed by atoms with Crippen LogP contribution in [0.5, 0.6) is 11.5 Å². The summed E-state index contributed by atoms with van der Waals surface area (Å²) < 4.78 is 11.2. The van der Waals surface area contributed by atoms with Crippen molar-refractivity contribution in [3.8, 4) is 11.5 Å². The third-order valence-corrected chi connectivity index (χ3v) is 3.75. The third-order valence-electron chi connectivity index (χ3n) is 2.86. The van der Waals surface area contributed by atoms with Crippen LogP contribution in [0.4, 0.5) is 0 Å². The molecular weight excluding hydrogens is 280 g/mol. The Morgan fingerprint density at radius 3 is 3.00 bits per heavy atom. The van der Waals surface area contributed by atoms with Crippen molar-refractivity contribution in [3.05, 3.63) is 28.8 Å². The lowest BCUT2D eigenvalue weighted by molar-refractivity contribution is 0.254. The first-order valence-corrected chi connectivity index (χ1v) is 6.87. The molecule has 0 fully saturated rings. The summed E-state index contributed by atoms with van der Waals surface area (Å²) >= 11 is 3.45. The molecule has 1 aromatic rings. The summed E-state index contributed by atoms with van der Waals surface area (Å²) in [5, 5.41) is 0.866. The summed E-state index contributed by atoms with van der Waals surface area (Å²) in [5.41, 5.74) is 3.58. The summed E-state index contributed by atoms with van der Waals surface area (Å²) in [6.07, 6.45) is 3.36. The molecule has 3 heteroatoms. The van der Waals surface area contributed by atoms with Crippen molar-refractivity contribution < 1.29 is 9.47 Å². The van der Waals surface area contributed by atoms with Gasteiger partial charge >= 0.3 is 0 Å². The molecule has 92 valence electrons. The van der Waals surface area contributed by atoms with Gasteiger partial charge < -0.3 is 9.47 Å². The Balaban J connectivity index is 2.43. The van der Waals surface area contributed by atoms with Gasteiger partial charge in [0.2, 0.25) is 0 Å². The molecule has 1 aromatic carbocycles. The summed E-state index contributed by atoms with van der Waals surface area (Å²) in [7, 11) is 1.71. The number of halogens is 1. The van der Waals surface area contributed by atoms with Crippen molar-refractivity contribution in [2.75, 3.05) is 12.4 Å². The van der Waals surface area contributed by atoms with Gasteiger partial charge in [-0.2, -0.15) is 0 Å². The maximum Gasteiger partial charge on any atom is 0.126 e. The van der Waals surface area contributed by atoms with Crippen molar-refractivity contribution >= 4 is 22.0 Å². The zero-order valence-electron chi connectivity index (χ0n) is 10.4. The van der Waals surface area contributed by atoms with Crippen molar-refractivity contribution in [2.45, 2.75) is 26.4 Å². The first-order chi connectivity index (χ1) is 8.13. The molecule has 17 heavy (non-hydrogen) atoms. The summed E-state index contributed by atoms with van der Waals surface area (Å²) in [5.74, 6) is 1.91. The van der Waals surface area contributed by atoms with E-state index in [1.165, 1.54) is 11.1 Å². The zero-order valence-corrected chi connectivity index (χ0v) is 12.0. The minimum atomic E-state index is 0.270. The van der Waals surface area contributed by atoms with E-state index in [9.17, 15) is 0 Å². The Morgan fingerprint density at radius 2 is 2.35 bits per heavy atom. The number of allylic oxidation sites excluding steroid dienone is 1. The van der Waals surface area contributed by atoms with Gasteiger partial charge in [0.05, 0.1) is 7.11 Å². The Morgan fingerprint density at radius 1 is 1.59 bits per heavy atom. The fourth-order valence-corrected chi connectivity index (χ4v) is 2.21. The Kier molecular flexibility index (Phi) is 3.77. The monoisotopic (exact) mass is 296 g/mol. The zero-order chi connectivity index (χ0) is 12.4. The van der Waals surface area contributed by atoms with E-state index in [-0.39, 0.29) is 6.10 Å². The second kappa shape index (κ2) is 5.13. The second-order valence-electron chi connectivity index (χ2n) is 4.46. The molecule has 1 heterocycles. The molecule has 0 radical (unpaired) electrons. The molecule has 1 aliphatic rings. The molecule has 0 aromatic heterocycles. The largest absolute Gasteiger partial charge is 0.496 e. The molecule has 0 saturated carbocycles. The molecule has 1 aliphatic heterocycles. The van der Waals surface area contributed by atoms with Gasteiger partial charge in [-0.1, -0.05) is 27.6 Å². The van der Waals surface area contributed by atoms with E-state index in [1.807, 2.05) is 0 Å². The van der Waals surface area contributed by atoms with Crippen LogP contribution in [0, 0.1) is 0 Å². The van der Waals surface area contributed by atoms with Gasteiger partial charge in [-0.05, 0) is 26.0 Å². The van der Waals surface area contributed by atoms with Crippen molar-refractivity contribution in [3.63, 3.8) is 0 Å². The van der Waals surface area contributed by atoms with Crippen LogP contribution in [0.3, 0.4) is 0 Å². The number of fused-ring (bicyclic) bond motifs is 1. The minimum absolute atomic E-state index is 0.270. The van der Waals surface area contributed by atoms with Gasteiger partial charge in [-0.25, -0.2) is 0 Å². The first-order valence-electron chi connectivity index (χ1n) is 5.74. The van der Waals surface area contributed by atoms with E-state index < -0.39 is 0 Å². The number of hydrogen-bond acceptors (Lipinski definition) is 2. The van der Waals surface area contributed by atoms with Crippen LogP contribution >= 0.6 is 15.9 Å². The molecule has 0 N–H and O–H groups in total. The van der Waals surface area contributed by atoms with Gasteiger partial charge in [0, 0.05) is 22.9 Å². The molecular formula is C14H17BrO2. The maximum atomic E-state index is 5.77. The molecule has 0 spiro atoms. The first kappa shape index (κ1) is 12.5. The highest BCUT2D eigenvalue weighted by atomic mass is 79.9. The fraction of sp³-hybridized carbons (Fsp3) is 0.429. The predicted molar refractivity (Wildman–Crippen MR) is 74.2 cm³/mol. The van der Waals surface area contributed by atoms with E-state index >= 15 is 0 Å². The SMILES string of the molecule is COc1cc2c(cc1/C=C(/C)CBr)OC(C)C2. The van der Waals surface area contributed by atoms with Crippen LogP contribution in [-0.4, -0.2) is 18.5 Å².